The number of nitrogens with zero attached hydrogens (tertiary/aromatic N) is 3. The van der Waals surface area contributed by atoms with E-state index in [1.54, 1.807) is 6.20 Å². The summed E-state index contributed by atoms with van der Waals surface area (Å²) in [7, 11) is 0. The average Bonchev–Trinajstić information content (AvgIpc) is 3.20. The topological polar surface area (TPSA) is 38.1 Å². The lowest BCUT2D eigenvalue weighted by atomic mass is 10.1. The third kappa shape index (κ3) is 3.52. The van der Waals surface area contributed by atoms with Crippen LogP contribution in [0.5, 0.6) is 0 Å². The van der Waals surface area contributed by atoms with E-state index in [0.717, 1.165) is 20.6 Å². The highest BCUT2D eigenvalue weighted by atomic mass is 35.5. The van der Waals surface area contributed by atoms with E-state index in [9.17, 15) is 4.79 Å². The van der Waals surface area contributed by atoms with Crippen LogP contribution in [-0.2, 0) is 6.54 Å². The first-order valence-electron chi connectivity index (χ1n) is 7.73. The molecule has 0 atom stereocenters. The van der Waals surface area contributed by atoms with E-state index >= 15 is 0 Å². The summed E-state index contributed by atoms with van der Waals surface area (Å²) in [4.78, 5) is 15.6. The molecule has 1 aromatic carbocycles. The van der Waals surface area contributed by atoms with Gasteiger partial charge in [-0.05, 0) is 56.3 Å². The molecule has 4 nitrogen and oxygen atoms in total. The maximum absolute atomic E-state index is 12.7. The largest absolute Gasteiger partial charge is 0.334 e. The smallest absolute Gasteiger partial charge is 0.254 e. The molecule has 2 heterocycles. The number of rotatable bonds is 5. The lowest BCUT2D eigenvalue weighted by Gasteiger charge is -2.20. The second-order valence-electron chi connectivity index (χ2n) is 5.46. The highest BCUT2D eigenvalue weighted by molar-refractivity contribution is 7.16. The molecule has 1 amide bonds. The van der Waals surface area contributed by atoms with Crippen molar-refractivity contribution < 1.29 is 4.79 Å². The van der Waals surface area contributed by atoms with Gasteiger partial charge in [0.25, 0.3) is 5.91 Å². The Morgan fingerprint density at radius 2 is 1.96 bits per heavy atom. The number of benzene rings is 1. The van der Waals surface area contributed by atoms with Gasteiger partial charge in [-0.15, -0.1) is 11.3 Å². The zero-order valence-electron chi connectivity index (χ0n) is 13.6. The molecule has 0 aliphatic heterocycles. The lowest BCUT2D eigenvalue weighted by molar-refractivity contribution is 0.0754. The van der Waals surface area contributed by atoms with Crippen molar-refractivity contribution in [2.24, 2.45) is 0 Å². The second-order valence-corrected chi connectivity index (χ2v) is 7.26. The minimum absolute atomic E-state index is 0.0192. The predicted molar refractivity (Wildman–Crippen MR) is 98.0 cm³/mol. The summed E-state index contributed by atoms with van der Waals surface area (Å²) in [6, 6.07) is 13.3. The Morgan fingerprint density at radius 1 is 1.21 bits per heavy atom. The summed E-state index contributed by atoms with van der Waals surface area (Å²) in [5, 5.41) is 4.28. The SMILES string of the molecule is CCN(Cc1ccc(Cl)s1)C(=O)c1ccc(-n2nccc2C)cc1. The first-order valence-corrected chi connectivity index (χ1v) is 8.92. The van der Waals surface area contributed by atoms with Crippen LogP contribution < -0.4 is 0 Å². The molecular formula is C18H18ClN3OS. The Labute approximate surface area is 150 Å². The maximum atomic E-state index is 12.7. The van der Waals surface area contributed by atoms with Crippen LogP contribution in [0.15, 0.2) is 48.7 Å². The minimum Gasteiger partial charge on any atom is -0.334 e. The van der Waals surface area contributed by atoms with Crippen molar-refractivity contribution in [3.63, 3.8) is 0 Å². The van der Waals surface area contributed by atoms with Crippen molar-refractivity contribution in [2.45, 2.75) is 20.4 Å². The van der Waals surface area contributed by atoms with Gasteiger partial charge in [-0.1, -0.05) is 11.6 Å². The Balaban J connectivity index is 1.77. The molecule has 24 heavy (non-hydrogen) atoms. The molecule has 0 aliphatic rings. The van der Waals surface area contributed by atoms with Gasteiger partial charge in [0.1, 0.15) is 0 Å². The summed E-state index contributed by atoms with van der Waals surface area (Å²) < 4.78 is 2.59. The molecule has 6 heteroatoms. The summed E-state index contributed by atoms with van der Waals surface area (Å²) in [6.07, 6.45) is 1.76. The molecule has 0 saturated carbocycles. The van der Waals surface area contributed by atoms with E-state index in [4.69, 9.17) is 11.6 Å². The van der Waals surface area contributed by atoms with Gasteiger partial charge < -0.3 is 4.90 Å². The van der Waals surface area contributed by atoms with Crippen LogP contribution in [0.25, 0.3) is 5.69 Å². The van der Waals surface area contributed by atoms with E-state index in [1.807, 2.05) is 65.9 Å². The number of aryl methyl sites for hydroxylation is 1. The van der Waals surface area contributed by atoms with Gasteiger partial charge in [0, 0.05) is 28.9 Å². The predicted octanol–water partition coefficient (Wildman–Crippen LogP) is 4.56. The molecule has 3 aromatic rings. The molecular weight excluding hydrogens is 342 g/mol. The third-order valence-corrected chi connectivity index (χ3v) is 5.05. The zero-order chi connectivity index (χ0) is 17.1. The van der Waals surface area contributed by atoms with Crippen molar-refractivity contribution in [1.29, 1.82) is 0 Å². The number of amides is 1. The fraction of sp³-hybridized carbons (Fsp3) is 0.222. The van der Waals surface area contributed by atoms with Gasteiger partial charge in [0.2, 0.25) is 0 Å². The van der Waals surface area contributed by atoms with E-state index in [2.05, 4.69) is 5.10 Å². The van der Waals surface area contributed by atoms with Gasteiger partial charge in [-0.2, -0.15) is 5.10 Å². The fourth-order valence-electron chi connectivity index (χ4n) is 2.52. The highest BCUT2D eigenvalue weighted by Crippen LogP contribution is 2.23. The first kappa shape index (κ1) is 16.7. The molecule has 0 spiro atoms. The van der Waals surface area contributed by atoms with Gasteiger partial charge in [-0.25, -0.2) is 4.68 Å². The Morgan fingerprint density at radius 3 is 2.50 bits per heavy atom. The molecule has 124 valence electrons. The summed E-state index contributed by atoms with van der Waals surface area (Å²) in [5.41, 5.74) is 2.68. The number of carbonyl (C=O) groups excluding carboxylic acids is 1. The third-order valence-electron chi connectivity index (χ3n) is 3.84. The molecule has 3 rings (SSSR count). The number of halogens is 1. The van der Waals surface area contributed by atoms with Gasteiger partial charge in [0.15, 0.2) is 0 Å². The van der Waals surface area contributed by atoms with Crippen molar-refractivity contribution in [3.8, 4) is 5.69 Å². The number of hydrogen-bond donors (Lipinski definition) is 0. The van der Waals surface area contributed by atoms with E-state index < -0.39 is 0 Å². The molecule has 0 aliphatic carbocycles. The van der Waals surface area contributed by atoms with Crippen LogP contribution in [0.4, 0.5) is 0 Å². The number of thiophene rings is 1. The number of aromatic nitrogens is 2. The van der Waals surface area contributed by atoms with Gasteiger partial charge in [-0.3, -0.25) is 4.79 Å². The standard InChI is InChI=1S/C18H18ClN3OS/c1-3-21(12-16-8-9-17(19)24-16)18(23)14-4-6-15(7-5-14)22-13(2)10-11-20-22/h4-11H,3,12H2,1-2H3. The van der Waals surface area contributed by atoms with Crippen LogP contribution in [0, 0.1) is 6.92 Å². The lowest BCUT2D eigenvalue weighted by Crippen LogP contribution is -2.29. The molecule has 2 aromatic heterocycles. The van der Waals surface area contributed by atoms with E-state index in [1.165, 1.54) is 11.3 Å². The molecule has 0 N–H and O–H groups in total. The summed E-state index contributed by atoms with van der Waals surface area (Å²) >= 11 is 7.48. The van der Waals surface area contributed by atoms with Gasteiger partial charge in [0.05, 0.1) is 16.6 Å². The Hall–Kier alpha value is -2.11. The van der Waals surface area contributed by atoms with Gasteiger partial charge >= 0.3 is 0 Å². The van der Waals surface area contributed by atoms with Crippen molar-refractivity contribution in [1.82, 2.24) is 14.7 Å². The van der Waals surface area contributed by atoms with Crippen LogP contribution >= 0.6 is 22.9 Å². The molecule has 0 radical (unpaired) electrons. The normalized spacial score (nSPS) is 10.8. The molecule has 0 fully saturated rings. The fourth-order valence-corrected chi connectivity index (χ4v) is 3.62. The summed E-state index contributed by atoms with van der Waals surface area (Å²) in [5.74, 6) is 0.0192. The van der Waals surface area contributed by atoms with Crippen LogP contribution in [0.2, 0.25) is 4.34 Å². The number of hydrogen-bond acceptors (Lipinski definition) is 3. The Bertz CT molecular complexity index is 838. The van der Waals surface area contributed by atoms with Crippen LogP contribution in [0.3, 0.4) is 0 Å². The second kappa shape index (κ2) is 7.20. The quantitative estimate of drug-likeness (QED) is 0.669. The van der Waals surface area contributed by atoms with E-state index in [-0.39, 0.29) is 5.91 Å². The molecule has 0 saturated heterocycles. The van der Waals surface area contributed by atoms with Crippen molar-refractivity contribution >= 4 is 28.8 Å². The monoisotopic (exact) mass is 359 g/mol. The Kier molecular flexibility index (Phi) is 5.02. The molecule has 0 bridgehead atoms. The van der Waals surface area contributed by atoms with Crippen LogP contribution in [0.1, 0.15) is 27.9 Å². The molecule has 0 unspecified atom stereocenters. The van der Waals surface area contributed by atoms with Crippen molar-refractivity contribution in [2.75, 3.05) is 6.54 Å². The van der Waals surface area contributed by atoms with E-state index in [0.29, 0.717) is 18.7 Å². The maximum Gasteiger partial charge on any atom is 0.254 e. The highest BCUT2D eigenvalue weighted by Gasteiger charge is 2.15. The van der Waals surface area contributed by atoms with Crippen molar-refractivity contribution in [3.05, 3.63) is 69.1 Å². The average molecular weight is 360 g/mol. The number of carbonyl (C=O) groups is 1. The minimum atomic E-state index is 0.0192. The van der Waals surface area contributed by atoms with Crippen LogP contribution in [-0.4, -0.2) is 27.1 Å². The summed E-state index contributed by atoms with van der Waals surface area (Å²) in [6.45, 7) is 5.20. The first-order chi connectivity index (χ1) is 11.6. The zero-order valence-corrected chi connectivity index (χ0v) is 15.1.